The highest BCUT2D eigenvalue weighted by Crippen LogP contribution is 2.16. The minimum atomic E-state index is -0.468. The number of hydrogen-bond acceptors (Lipinski definition) is 4. The summed E-state index contributed by atoms with van der Waals surface area (Å²) >= 11 is 0. The van der Waals surface area contributed by atoms with Crippen molar-refractivity contribution in [2.75, 3.05) is 31.6 Å². The van der Waals surface area contributed by atoms with Crippen molar-refractivity contribution in [3.63, 3.8) is 0 Å². The Balaban J connectivity index is 1.86. The van der Waals surface area contributed by atoms with Gasteiger partial charge in [-0.05, 0) is 39.3 Å². The van der Waals surface area contributed by atoms with E-state index in [4.69, 9.17) is 9.47 Å². The molecule has 0 aliphatic carbocycles. The molecular formula is C17H26N2O3. The molecule has 5 nitrogen and oxygen atoms in total. The summed E-state index contributed by atoms with van der Waals surface area (Å²) < 4.78 is 11.2. The molecule has 0 unspecified atom stereocenters. The Kier molecular flexibility index (Phi) is 5.29. The van der Waals surface area contributed by atoms with Crippen molar-refractivity contribution in [1.82, 2.24) is 4.90 Å². The lowest BCUT2D eigenvalue weighted by molar-refractivity contribution is -0.0371. The zero-order valence-corrected chi connectivity index (χ0v) is 13.9. The van der Waals surface area contributed by atoms with Gasteiger partial charge in [0.1, 0.15) is 5.60 Å². The van der Waals surface area contributed by atoms with E-state index in [1.165, 1.54) is 5.56 Å². The number of aryl methyl sites for hydroxylation is 1. The van der Waals surface area contributed by atoms with Crippen molar-refractivity contribution in [3.8, 4) is 0 Å². The zero-order valence-electron chi connectivity index (χ0n) is 13.9. The van der Waals surface area contributed by atoms with Crippen LogP contribution in [0.3, 0.4) is 0 Å². The van der Waals surface area contributed by atoms with Crippen LogP contribution >= 0.6 is 0 Å². The second kappa shape index (κ2) is 7.01. The van der Waals surface area contributed by atoms with Gasteiger partial charge in [0.15, 0.2) is 0 Å². The number of amides is 1. The maximum atomic E-state index is 12.1. The van der Waals surface area contributed by atoms with Crippen LogP contribution in [0.1, 0.15) is 26.3 Å². The largest absolute Gasteiger partial charge is 0.444 e. The summed E-state index contributed by atoms with van der Waals surface area (Å²) in [6.45, 7) is 10.0. The van der Waals surface area contributed by atoms with Crippen LogP contribution in [-0.2, 0) is 9.47 Å². The monoisotopic (exact) mass is 306 g/mol. The van der Waals surface area contributed by atoms with Gasteiger partial charge < -0.3 is 19.7 Å². The zero-order chi connectivity index (χ0) is 16.2. The highest BCUT2D eigenvalue weighted by molar-refractivity contribution is 5.68. The van der Waals surface area contributed by atoms with Gasteiger partial charge in [-0.2, -0.15) is 0 Å². The third-order valence-corrected chi connectivity index (χ3v) is 3.46. The van der Waals surface area contributed by atoms with E-state index in [1.807, 2.05) is 39.0 Å². The lowest BCUT2D eigenvalue weighted by Gasteiger charge is -2.34. The first-order chi connectivity index (χ1) is 10.3. The van der Waals surface area contributed by atoms with Crippen molar-refractivity contribution in [1.29, 1.82) is 0 Å². The van der Waals surface area contributed by atoms with Crippen LogP contribution in [0.4, 0.5) is 10.5 Å². The molecule has 1 saturated heterocycles. The number of nitrogens with one attached hydrogen (secondary N) is 1. The molecule has 122 valence electrons. The molecule has 0 radical (unpaired) electrons. The number of hydrogen-bond donors (Lipinski definition) is 1. The molecule has 0 bridgehead atoms. The second-order valence-corrected chi connectivity index (χ2v) is 6.61. The third kappa shape index (κ3) is 4.91. The Morgan fingerprint density at radius 2 is 2.14 bits per heavy atom. The normalized spacial score (nSPS) is 18.9. The molecule has 5 heteroatoms. The Bertz CT molecular complexity index is 511. The number of nitrogens with zero attached hydrogens (tertiary/aromatic N) is 1. The van der Waals surface area contributed by atoms with E-state index < -0.39 is 5.60 Å². The van der Waals surface area contributed by atoms with Crippen molar-refractivity contribution in [3.05, 3.63) is 29.8 Å². The maximum Gasteiger partial charge on any atom is 0.410 e. The van der Waals surface area contributed by atoms with Crippen molar-refractivity contribution in [2.45, 2.75) is 39.4 Å². The SMILES string of the molecule is Cc1ccccc1NC[C@@H]1CN(C(=O)OC(C)(C)C)CCO1. The molecule has 1 aromatic carbocycles. The quantitative estimate of drug-likeness (QED) is 0.932. The number of anilines is 1. The molecule has 1 fully saturated rings. The van der Waals surface area contributed by atoms with E-state index in [9.17, 15) is 4.79 Å². The predicted octanol–water partition coefficient (Wildman–Crippen LogP) is 3.04. The summed E-state index contributed by atoms with van der Waals surface area (Å²) in [5.74, 6) is 0. The topological polar surface area (TPSA) is 50.8 Å². The van der Waals surface area contributed by atoms with Crippen molar-refractivity contribution < 1.29 is 14.3 Å². The van der Waals surface area contributed by atoms with Gasteiger partial charge in [0.05, 0.1) is 19.3 Å². The molecule has 1 heterocycles. The van der Waals surface area contributed by atoms with Crippen LogP contribution in [0.25, 0.3) is 0 Å². The number of ether oxygens (including phenoxy) is 2. The minimum Gasteiger partial charge on any atom is -0.444 e. The van der Waals surface area contributed by atoms with Crippen molar-refractivity contribution >= 4 is 11.8 Å². The number of benzene rings is 1. The first-order valence-electron chi connectivity index (χ1n) is 7.74. The van der Waals surface area contributed by atoms with E-state index in [0.29, 0.717) is 26.2 Å². The molecule has 1 aliphatic rings. The Morgan fingerprint density at radius 3 is 2.82 bits per heavy atom. The fourth-order valence-electron chi connectivity index (χ4n) is 2.33. The summed E-state index contributed by atoms with van der Waals surface area (Å²) in [7, 11) is 0. The van der Waals surface area contributed by atoms with Crippen LogP contribution in [0.15, 0.2) is 24.3 Å². The number of para-hydroxylation sites is 1. The molecule has 1 N–H and O–H groups in total. The number of morpholine rings is 1. The molecule has 22 heavy (non-hydrogen) atoms. The van der Waals surface area contributed by atoms with Crippen molar-refractivity contribution in [2.24, 2.45) is 0 Å². The number of carbonyl (C=O) groups is 1. The van der Waals surface area contributed by atoms with Crippen LogP contribution in [0.5, 0.6) is 0 Å². The molecule has 0 saturated carbocycles. The highest BCUT2D eigenvalue weighted by atomic mass is 16.6. The predicted molar refractivity (Wildman–Crippen MR) is 87.2 cm³/mol. The molecule has 1 aromatic rings. The van der Waals surface area contributed by atoms with Crippen LogP contribution in [0, 0.1) is 6.92 Å². The molecule has 1 aliphatic heterocycles. The average Bonchev–Trinajstić information content (AvgIpc) is 2.45. The standard InChI is InChI=1S/C17H26N2O3/c1-13-7-5-6-8-15(13)18-11-14-12-19(9-10-21-14)16(20)22-17(2,3)4/h5-8,14,18H,9-12H2,1-4H3/t14-/m1/s1. The van der Waals surface area contributed by atoms with Gasteiger partial charge in [-0.15, -0.1) is 0 Å². The smallest absolute Gasteiger partial charge is 0.410 e. The fourth-order valence-corrected chi connectivity index (χ4v) is 2.33. The summed E-state index contributed by atoms with van der Waals surface area (Å²) in [6, 6.07) is 8.13. The van der Waals surface area contributed by atoms with Gasteiger partial charge in [0.2, 0.25) is 0 Å². The first-order valence-corrected chi connectivity index (χ1v) is 7.74. The van der Waals surface area contributed by atoms with Gasteiger partial charge in [-0.1, -0.05) is 18.2 Å². The third-order valence-electron chi connectivity index (χ3n) is 3.46. The second-order valence-electron chi connectivity index (χ2n) is 6.61. The molecule has 1 atom stereocenters. The Hall–Kier alpha value is -1.75. The van der Waals surface area contributed by atoms with Gasteiger partial charge in [-0.25, -0.2) is 4.79 Å². The molecule has 2 rings (SSSR count). The van der Waals surface area contributed by atoms with Gasteiger partial charge in [0, 0.05) is 18.8 Å². The van der Waals surface area contributed by atoms with Gasteiger partial charge in [-0.3, -0.25) is 0 Å². The highest BCUT2D eigenvalue weighted by Gasteiger charge is 2.27. The first kappa shape index (κ1) is 16.6. The fraction of sp³-hybridized carbons (Fsp3) is 0.588. The van der Waals surface area contributed by atoms with E-state index in [2.05, 4.69) is 18.3 Å². The summed E-state index contributed by atoms with van der Waals surface area (Å²) in [5.41, 5.74) is 1.83. The molecule has 0 spiro atoms. The maximum absolute atomic E-state index is 12.1. The van der Waals surface area contributed by atoms with Gasteiger partial charge in [0.25, 0.3) is 0 Å². The van der Waals surface area contributed by atoms with E-state index in [-0.39, 0.29) is 12.2 Å². The number of rotatable bonds is 3. The van der Waals surface area contributed by atoms with Gasteiger partial charge >= 0.3 is 6.09 Å². The lowest BCUT2D eigenvalue weighted by Crippen LogP contribution is -2.49. The van der Waals surface area contributed by atoms with E-state index in [0.717, 1.165) is 5.69 Å². The Morgan fingerprint density at radius 1 is 1.41 bits per heavy atom. The lowest BCUT2D eigenvalue weighted by atomic mass is 10.2. The molecular weight excluding hydrogens is 280 g/mol. The van der Waals surface area contributed by atoms with Crippen LogP contribution in [-0.4, -0.2) is 48.9 Å². The van der Waals surface area contributed by atoms with E-state index >= 15 is 0 Å². The van der Waals surface area contributed by atoms with Crippen LogP contribution < -0.4 is 5.32 Å². The van der Waals surface area contributed by atoms with E-state index in [1.54, 1.807) is 4.90 Å². The summed E-state index contributed by atoms with van der Waals surface area (Å²) in [4.78, 5) is 13.8. The summed E-state index contributed by atoms with van der Waals surface area (Å²) in [6.07, 6.45) is -0.294. The number of carbonyl (C=O) groups excluding carboxylic acids is 1. The minimum absolute atomic E-state index is 0.0270. The summed E-state index contributed by atoms with van der Waals surface area (Å²) in [5, 5.41) is 3.39. The molecule has 1 amide bonds. The van der Waals surface area contributed by atoms with Crippen LogP contribution in [0.2, 0.25) is 0 Å². The molecule has 0 aromatic heterocycles. The average molecular weight is 306 g/mol. The Labute approximate surface area is 132 Å².